The van der Waals surface area contributed by atoms with Gasteiger partial charge in [-0.1, -0.05) is 30.3 Å². The lowest BCUT2D eigenvalue weighted by atomic mass is 10.1. The molecule has 0 aliphatic carbocycles. The average molecular weight is 267 g/mol. The predicted octanol–water partition coefficient (Wildman–Crippen LogP) is 2.98. The summed E-state index contributed by atoms with van der Waals surface area (Å²) < 4.78 is 0. The molecule has 0 N–H and O–H groups in total. The van der Waals surface area contributed by atoms with Gasteiger partial charge in [-0.3, -0.25) is 9.80 Å². The van der Waals surface area contributed by atoms with Gasteiger partial charge in [0, 0.05) is 23.9 Å². The third-order valence-corrected chi connectivity index (χ3v) is 3.70. The van der Waals surface area contributed by atoms with Gasteiger partial charge in [-0.05, 0) is 25.3 Å². The SMILES string of the molecule is CCN(CC)n1nc2c(ccc3ccccc32)c1C=O. The summed E-state index contributed by atoms with van der Waals surface area (Å²) in [6, 6.07) is 12.1. The fourth-order valence-electron chi connectivity index (χ4n) is 2.64. The molecule has 4 nitrogen and oxygen atoms in total. The molecule has 3 aromatic rings. The summed E-state index contributed by atoms with van der Waals surface area (Å²) in [5.41, 5.74) is 1.51. The number of hydrogen-bond donors (Lipinski definition) is 0. The Labute approximate surface area is 117 Å². The number of carbonyl (C=O) groups is 1. The first-order valence-corrected chi connectivity index (χ1v) is 6.91. The predicted molar refractivity (Wildman–Crippen MR) is 81.9 cm³/mol. The number of rotatable bonds is 4. The van der Waals surface area contributed by atoms with Gasteiger partial charge in [0.2, 0.25) is 0 Å². The minimum Gasteiger partial charge on any atom is -0.297 e. The van der Waals surface area contributed by atoms with Crippen LogP contribution in [0.1, 0.15) is 24.3 Å². The van der Waals surface area contributed by atoms with Crippen LogP contribution >= 0.6 is 0 Å². The van der Waals surface area contributed by atoms with Gasteiger partial charge >= 0.3 is 0 Å². The quantitative estimate of drug-likeness (QED) is 0.682. The highest BCUT2D eigenvalue weighted by Crippen LogP contribution is 2.26. The zero-order valence-electron chi connectivity index (χ0n) is 11.7. The van der Waals surface area contributed by atoms with Crippen molar-refractivity contribution < 1.29 is 4.79 Å². The van der Waals surface area contributed by atoms with E-state index in [0.29, 0.717) is 5.69 Å². The van der Waals surface area contributed by atoms with Gasteiger partial charge in [-0.25, -0.2) is 0 Å². The Hall–Kier alpha value is -2.36. The van der Waals surface area contributed by atoms with Crippen LogP contribution in [-0.4, -0.2) is 29.3 Å². The van der Waals surface area contributed by atoms with Crippen molar-refractivity contribution in [3.63, 3.8) is 0 Å². The molecule has 0 spiro atoms. The highest BCUT2D eigenvalue weighted by atomic mass is 16.1. The summed E-state index contributed by atoms with van der Waals surface area (Å²) in [5, 5.41) is 9.84. The highest BCUT2D eigenvalue weighted by Gasteiger charge is 2.15. The number of benzene rings is 2. The Morgan fingerprint density at radius 3 is 2.55 bits per heavy atom. The number of fused-ring (bicyclic) bond motifs is 3. The van der Waals surface area contributed by atoms with Crippen molar-refractivity contribution in [3.05, 3.63) is 42.1 Å². The Morgan fingerprint density at radius 1 is 1.10 bits per heavy atom. The van der Waals surface area contributed by atoms with Crippen LogP contribution in [0, 0.1) is 0 Å². The van der Waals surface area contributed by atoms with Crippen LogP contribution in [0.3, 0.4) is 0 Å². The Balaban J connectivity index is 2.37. The van der Waals surface area contributed by atoms with Crippen LogP contribution in [-0.2, 0) is 0 Å². The maximum atomic E-state index is 11.5. The van der Waals surface area contributed by atoms with Gasteiger partial charge in [-0.15, -0.1) is 0 Å². The minimum absolute atomic E-state index is 0.620. The van der Waals surface area contributed by atoms with Crippen molar-refractivity contribution in [2.24, 2.45) is 0 Å². The molecule has 20 heavy (non-hydrogen) atoms. The van der Waals surface area contributed by atoms with Crippen molar-refractivity contribution in [3.8, 4) is 0 Å². The fraction of sp³-hybridized carbons (Fsp3) is 0.250. The molecule has 4 heteroatoms. The molecule has 0 aliphatic rings. The van der Waals surface area contributed by atoms with Crippen LogP contribution in [0.15, 0.2) is 36.4 Å². The molecule has 1 aromatic heterocycles. The van der Waals surface area contributed by atoms with E-state index in [1.165, 1.54) is 0 Å². The first kappa shape index (κ1) is 12.7. The molecular formula is C16H17N3O. The second-order valence-electron chi connectivity index (χ2n) is 4.71. The molecule has 0 saturated carbocycles. The van der Waals surface area contributed by atoms with Gasteiger partial charge in [0.15, 0.2) is 6.29 Å². The zero-order chi connectivity index (χ0) is 14.1. The van der Waals surface area contributed by atoms with Gasteiger partial charge in [-0.2, -0.15) is 9.89 Å². The van der Waals surface area contributed by atoms with Crippen molar-refractivity contribution in [1.29, 1.82) is 0 Å². The summed E-state index contributed by atoms with van der Waals surface area (Å²) >= 11 is 0. The molecule has 1 heterocycles. The molecule has 0 amide bonds. The third-order valence-electron chi connectivity index (χ3n) is 3.70. The third kappa shape index (κ3) is 1.76. The van der Waals surface area contributed by atoms with Crippen molar-refractivity contribution >= 4 is 28.0 Å². The number of aldehydes is 1. The van der Waals surface area contributed by atoms with Gasteiger partial charge in [0.05, 0.1) is 0 Å². The van der Waals surface area contributed by atoms with E-state index in [-0.39, 0.29) is 0 Å². The maximum absolute atomic E-state index is 11.5. The van der Waals surface area contributed by atoms with Crippen LogP contribution in [0.2, 0.25) is 0 Å². The van der Waals surface area contributed by atoms with Gasteiger partial charge < -0.3 is 0 Å². The van der Waals surface area contributed by atoms with Crippen molar-refractivity contribution in [2.45, 2.75) is 13.8 Å². The standard InChI is InChI=1S/C16H17N3O/c1-3-18(4-2)19-15(11-20)14-10-9-12-7-5-6-8-13(12)16(14)17-19/h5-11H,3-4H2,1-2H3. The van der Waals surface area contributed by atoms with E-state index in [4.69, 9.17) is 0 Å². The topological polar surface area (TPSA) is 38.1 Å². The number of hydrogen-bond acceptors (Lipinski definition) is 3. The molecule has 0 unspecified atom stereocenters. The van der Waals surface area contributed by atoms with E-state index in [0.717, 1.165) is 41.1 Å². The molecule has 0 radical (unpaired) electrons. The van der Waals surface area contributed by atoms with E-state index in [1.807, 2.05) is 35.3 Å². The van der Waals surface area contributed by atoms with Crippen LogP contribution in [0.4, 0.5) is 0 Å². The second kappa shape index (κ2) is 4.96. The van der Waals surface area contributed by atoms with E-state index in [9.17, 15) is 4.79 Å². The molecule has 3 rings (SSSR count). The lowest BCUT2D eigenvalue weighted by Crippen LogP contribution is -2.36. The Morgan fingerprint density at radius 2 is 1.85 bits per heavy atom. The van der Waals surface area contributed by atoms with Gasteiger partial charge in [0.1, 0.15) is 11.2 Å². The number of aromatic nitrogens is 2. The van der Waals surface area contributed by atoms with Crippen molar-refractivity contribution in [1.82, 2.24) is 9.89 Å². The van der Waals surface area contributed by atoms with Crippen molar-refractivity contribution in [2.75, 3.05) is 18.1 Å². The highest BCUT2D eigenvalue weighted by molar-refractivity contribution is 6.09. The fourth-order valence-corrected chi connectivity index (χ4v) is 2.64. The first-order valence-electron chi connectivity index (χ1n) is 6.91. The molecule has 0 saturated heterocycles. The zero-order valence-corrected chi connectivity index (χ0v) is 11.7. The van der Waals surface area contributed by atoms with E-state index in [1.54, 1.807) is 4.79 Å². The molecular weight excluding hydrogens is 250 g/mol. The summed E-state index contributed by atoms with van der Waals surface area (Å²) in [6.07, 6.45) is 0.891. The first-order chi connectivity index (χ1) is 9.80. The normalized spacial score (nSPS) is 11.1. The maximum Gasteiger partial charge on any atom is 0.170 e. The lowest BCUT2D eigenvalue weighted by molar-refractivity contribution is 0.111. The molecule has 2 aromatic carbocycles. The second-order valence-corrected chi connectivity index (χ2v) is 4.71. The summed E-state index contributed by atoms with van der Waals surface area (Å²) in [4.78, 5) is 13.2. The summed E-state index contributed by atoms with van der Waals surface area (Å²) in [7, 11) is 0. The van der Waals surface area contributed by atoms with Crippen LogP contribution in [0.5, 0.6) is 0 Å². The monoisotopic (exact) mass is 267 g/mol. The number of carbonyl (C=O) groups excluding carboxylic acids is 1. The lowest BCUT2D eigenvalue weighted by Gasteiger charge is -2.21. The summed E-state index contributed by atoms with van der Waals surface area (Å²) in [5.74, 6) is 0. The Kier molecular flexibility index (Phi) is 3.14. The number of nitrogens with zero attached hydrogens (tertiary/aromatic N) is 3. The molecule has 0 fully saturated rings. The molecule has 0 aliphatic heterocycles. The summed E-state index contributed by atoms with van der Waals surface area (Å²) in [6.45, 7) is 5.73. The molecule has 0 atom stereocenters. The molecule has 102 valence electrons. The van der Waals surface area contributed by atoms with E-state index in [2.05, 4.69) is 25.0 Å². The smallest absolute Gasteiger partial charge is 0.170 e. The largest absolute Gasteiger partial charge is 0.297 e. The Bertz CT molecular complexity index is 772. The average Bonchev–Trinajstić information content (AvgIpc) is 2.87. The van der Waals surface area contributed by atoms with E-state index >= 15 is 0 Å². The van der Waals surface area contributed by atoms with E-state index < -0.39 is 0 Å². The van der Waals surface area contributed by atoms with Crippen LogP contribution in [0.25, 0.3) is 21.7 Å². The van der Waals surface area contributed by atoms with Gasteiger partial charge in [0.25, 0.3) is 0 Å². The minimum atomic E-state index is 0.620. The van der Waals surface area contributed by atoms with Crippen LogP contribution < -0.4 is 5.01 Å². The molecule has 0 bridgehead atoms.